The summed E-state index contributed by atoms with van der Waals surface area (Å²) < 4.78 is 1.13. The Morgan fingerprint density at radius 3 is 2.00 bits per heavy atom. The van der Waals surface area contributed by atoms with Crippen molar-refractivity contribution in [3.05, 3.63) is 37.0 Å². The van der Waals surface area contributed by atoms with Gasteiger partial charge in [0.1, 0.15) is 6.54 Å². The van der Waals surface area contributed by atoms with Crippen LogP contribution in [0.1, 0.15) is 20.8 Å². The molecule has 0 aromatic carbocycles. The van der Waals surface area contributed by atoms with E-state index in [1.165, 1.54) is 25.2 Å². The lowest BCUT2D eigenvalue weighted by atomic mass is 10.2. The van der Waals surface area contributed by atoms with Crippen molar-refractivity contribution in [1.82, 2.24) is 0 Å². The van der Waals surface area contributed by atoms with Gasteiger partial charge in [-0.25, -0.2) is 0 Å². The first-order chi connectivity index (χ1) is 6.64. The molecule has 0 saturated heterocycles. The van der Waals surface area contributed by atoms with Gasteiger partial charge in [-0.3, -0.25) is 0 Å². The molecule has 0 unspecified atom stereocenters. The lowest BCUT2D eigenvalue weighted by molar-refractivity contribution is -0.918. The van der Waals surface area contributed by atoms with Crippen LogP contribution in [0.25, 0.3) is 0 Å². The van der Waals surface area contributed by atoms with Crippen molar-refractivity contribution in [1.29, 1.82) is 0 Å². The van der Waals surface area contributed by atoms with Crippen LogP contribution in [0.5, 0.6) is 0 Å². The van der Waals surface area contributed by atoms with Gasteiger partial charge in [-0.2, -0.15) is 0 Å². The first kappa shape index (κ1) is 13.2. The van der Waals surface area contributed by atoms with Crippen LogP contribution in [0.15, 0.2) is 37.0 Å². The van der Waals surface area contributed by atoms with Gasteiger partial charge in [0.15, 0.2) is 0 Å². The summed E-state index contributed by atoms with van der Waals surface area (Å²) >= 11 is 0. The molecular formula is C13H24N+. The smallest absolute Gasteiger partial charge is 0.104 e. The maximum absolute atomic E-state index is 4.07. The maximum Gasteiger partial charge on any atom is 0.104 e. The van der Waals surface area contributed by atoms with E-state index >= 15 is 0 Å². The van der Waals surface area contributed by atoms with Gasteiger partial charge in [0.2, 0.25) is 0 Å². The van der Waals surface area contributed by atoms with Crippen LogP contribution < -0.4 is 0 Å². The van der Waals surface area contributed by atoms with Gasteiger partial charge in [0.25, 0.3) is 0 Å². The molecule has 0 aromatic heterocycles. The molecule has 80 valence electrons. The summed E-state index contributed by atoms with van der Waals surface area (Å²) in [7, 11) is 0. The molecule has 0 aromatic rings. The standard InChI is InChI=1S/C13H24N/c1-6-10-11-13(5)12-14(7-2,8-3)9-4/h6,10-11H,1,5,7-9,12H2,2-4H3/q+1/b11-10-. The van der Waals surface area contributed by atoms with E-state index in [4.69, 9.17) is 0 Å². The summed E-state index contributed by atoms with van der Waals surface area (Å²) in [6.45, 7) is 19.0. The predicted octanol–water partition coefficient (Wildman–Crippen LogP) is 3.16. The summed E-state index contributed by atoms with van der Waals surface area (Å²) in [4.78, 5) is 0. The molecule has 0 fully saturated rings. The summed E-state index contributed by atoms with van der Waals surface area (Å²) in [6.07, 6.45) is 5.81. The molecular weight excluding hydrogens is 170 g/mol. The van der Waals surface area contributed by atoms with Gasteiger partial charge >= 0.3 is 0 Å². The van der Waals surface area contributed by atoms with E-state index in [2.05, 4.69) is 40.0 Å². The molecule has 0 radical (unpaired) electrons. The molecule has 0 N–H and O–H groups in total. The van der Waals surface area contributed by atoms with Gasteiger partial charge in [0, 0.05) is 0 Å². The molecule has 0 aliphatic heterocycles. The highest BCUT2D eigenvalue weighted by Crippen LogP contribution is 2.10. The van der Waals surface area contributed by atoms with Crippen LogP contribution in [-0.4, -0.2) is 30.7 Å². The van der Waals surface area contributed by atoms with Gasteiger partial charge < -0.3 is 4.48 Å². The second-order valence-corrected chi connectivity index (χ2v) is 3.70. The van der Waals surface area contributed by atoms with Crippen molar-refractivity contribution in [3.8, 4) is 0 Å². The fourth-order valence-corrected chi connectivity index (χ4v) is 1.69. The Balaban J connectivity index is 4.36. The summed E-state index contributed by atoms with van der Waals surface area (Å²) in [5.74, 6) is 0. The molecule has 0 bridgehead atoms. The van der Waals surface area contributed by atoms with Crippen LogP contribution in [0, 0.1) is 0 Å². The second-order valence-electron chi connectivity index (χ2n) is 3.70. The van der Waals surface area contributed by atoms with Crippen LogP contribution in [0.2, 0.25) is 0 Å². The van der Waals surface area contributed by atoms with Crippen molar-refractivity contribution in [2.75, 3.05) is 26.2 Å². The first-order valence-electron chi connectivity index (χ1n) is 5.46. The number of likely N-dealkylation sites (N-methyl/N-ethyl adjacent to an activating group) is 1. The number of nitrogens with zero attached hydrogens (tertiary/aromatic N) is 1. The topological polar surface area (TPSA) is 0 Å². The lowest BCUT2D eigenvalue weighted by Crippen LogP contribution is -2.48. The van der Waals surface area contributed by atoms with Crippen LogP contribution in [0.4, 0.5) is 0 Å². The third-order valence-electron chi connectivity index (χ3n) is 3.02. The minimum atomic E-state index is 1.05. The molecule has 0 atom stereocenters. The summed E-state index contributed by atoms with van der Waals surface area (Å²) in [5.41, 5.74) is 1.19. The number of rotatable bonds is 7. The van der Waals surface area contributed by atoms with Gasteiger partial charge in [-0.15, -0.1) is 0 Å². The largest absolute Gasteiger partial charge is 0.321 e. The average Bonchev–Trinajstić information content (AvgIpc) is 2.23. The fraction of sp³-hybridized carbons (Fsp3) is 0.538. The Morgan fingerprint density at radius 1 is 1.14 bits per heavy atom. The Bertz CT molecular complexity index is 201. The maximum atomic E-state index is 4.07. The quantitative estimate of drug-likeness (QED) is 0.431. The fourth-order valence-electron chi connectivity index (χ4n) is 1.69. The van der Waals surface area contributed by atoms with Crippen LogP contribution in [-0.2, 0) is 0 Å². The zero-order chi connectivity index (χ0) is 11.0. The third kappa shape index (κ3) is 3.93. The van der Waals surface area contributed by atoms with E-state index in [-0.39, 0.29) is 0 Å². The highest BCUT2D eigenvalue weighted by Gasteiger charge is 2.20. The van der Waals surface area contributed by atoms with Crippen molar-refractivity contribution < 1.29 is 4.48 Å². The molecule has 0 saturated carbocycles. The van der Waals surface area contributed by atoms with E-state index in [0.717, 1.165) is 11.0 Å². The second kappa shape index (κ2) is 6.61. The van der Waals surface area contributed by atoms with Crippen molar-refractivity contribution in [2.45, 2.75) is 20.8 Å². The van der Waals surface area contributed by atoms with Crippen molar-refractivity contribution in [2.24, 2.45) is 0 Å². The summed E-state index contributed by atoms with van der Waals surface area (Å²) in [5, 5.41) is 0. The van der Waals surface area contributed by atoms with Gasteiger partial charge in [-0.1, -0.05) is 31.4 Å². The minimum absolute atomic E-state index is 1.05. The third-order valence-corrected chi connectivity index (χ3v) is 3.02. The van der Waals surface area contributed by atoms with Gasteiger partial charge in [-0.05, 0) is 26.3 Å². The zero-order valence-electron chi connectivity index (χ0n) is 9.92. The van der Waals surface area contributed by atoms with E-state index in [9.17, 15) is 0 Å². The molecule has 0 heterocycles. The Labute approximate surface area is 89.0 Å². The SMILES string of the molecule is C=C/C=C\C(=C)C[N+](CC)(CC)CC. The zero-order valence-corrected chi connectivity index (χ0v) is 9.92. The van der Waals surface area contributed by atoms with Crippen LogP contribution >= 0.6 is 0 Å². The molecule has 0 amide bonds. The molecule has 1 heteroatoms. The normalized spacial score (nSPS) is 11.9. The van der Waals surface area contributed by atoms with E-state index in [1.807, 2.05) is 6.08 Å². The first-order valence-corrected chi connectivity index (χ1v) is 5.46. The molecule has 0 rings (SSSR count). The Morgan fingerprint density at radius 2 is 1.64 bits per heavy atom. The van der Waals surface area contributed by atoms with E-state index in [0.29, 0.717) is 0 Å². The number of hydrogen-bond acceptors (Lipinski definition) is 0. The van der Waals surface area contributed by atoms with Crippen molar-refractivity contribution in [3.63, 3.8) is 0 Å². The highest BCUT2D eigenvalue weighted by molar-refractivity contribution is 5.18. The lowest BCUT2D eigenvalue weighted by Gasteiger charge is -2.36. The molecule has 0 aliphatic carbocycles. The molecule has 14 heavy (non-hydrogen) atoms. The Hall–Kier alpha value is -0.820. The number of quaternary nitrogens is 1. The average molecular weight is 194 g/mol. The molecule has 0 aliphatic rings. The monoisotopic (exact) mass is 194 g/mol. The molecule has 0 spiro atoms. The number of allylic oxidation sites excluding steroid dienone is 2. The number of hydrogen-bond donors (Lipinski definition) is 0. The summed E-state index contributed by atoms with van der Waals surface area (Å²) in [6, 6.07) is 0. The van der Waals surface area contributed by atoms with E-state index < -0.39 is 0 Å². The van der Waals surface area contributed by atoms with Crippen molar-refractivity contribution >= 4 is 0 Å². The Kier molecular flexibility index (Phi) is 6.22. The molecule has 1 nitrogen and oxygen atoms in total. The van der Waals surface area contributed by atoms with Gasteiger partial charge in [0.05, 0.1) is 19.6 Å². The van der Waals surface area contributed by atoms with E-state index in [1.54, 1.807) is 6.08 Å². The van der Waals surface area contributed by atoms with Crippen LogP contribution in [0.3, 0.4) is 0 Å². The predicted molar refractivity (Wildman–Crippen MR) is 65.2 cm³/mol. The highest BCUT2D eigenvalue weighted by atomic mass is 15.3. The minimum Gasteiger partial charge on any atom is -0.321 e.